The van der Waals surface area contributed by atoms with E-state index in [0.29, 0.717) is 5.75 Å². The van der Waals surface area contributed by atoms with Crippen LogP contribution in [0.15, 0.2) is 42.5 Å². The predicted octanol–water partition coefficient (Wildman–Crippen LogP) is 5.41. The van der Waals surface area contributed by atoms with Gasteiger partial charge in [0.1, 0.15) is 5.75 Å². The van der Waals surface area contributed by atoms with Crippen molar-refractivity contribution >= 4 is 0 Å². The van der Waals surface area contributed by atoms with Crippen molar-refractivity contribution in [2.75, 3.05) is 0 Å². The predicted molar refractivity (Wildman–Crippen MR) is 94.1 cm³/mol. The second kappa shape index (κ2) is 11.4. The Morgan fingerprint density at radius 3 is 2.05 bits per heavy atom. The molecule has 22 heavy (non-hydrogen) atoms. The van der Waals surface area contributed by atoms with E-state index in [0.717, 1.165) is 24.0 Å². The minimum atomic E-state index is 0.386. The van der Waals surface area contributed by atoms with Gasteiger partial charge in [-0.3, -0.25) is 0 Å². The Morgan fingerprint density at radius 1 is 0.955 bits per heavy atom. The molecule has 2 heteroatoms. The molecule has 1 N–H and O–H groups in total. The van der Waals surface area contributed by atoms with E-state index in [1.54, 1.807) is 6.07 Å². The second-order valence-corrected chi connectivity index (χ2v) is 4.64. The van der Waals surface area contributed by atoms with Crippen molar-refractivity contribution in [1.82, 2.24) is 0 Å². The highest BCUT2D eigenvalue weighted by Crippen LogP contribution is 2.16. The van der Waals surface area contributed by atoms with Gasteiger partial charge in [-0.1, -0.05) is 52.0 Å². The van der Waals surface area contributed by atoms with Crippen LogP contribution in [-0.4, -0.2) is 5.11 Å². The first-order valence-electron chi connectivity index (χ1n) is 7.88. The maximum Gasteiger partial charge on any atom is 0.118 e. The summed E-state index contributed by atoms with van der Waals surface area (Å²) in [6.07, 6.45) is 2.02. The van der Waals surface area contributed by atoms with Crippen LogP contribution in [0.2, 0.25) is 0 Å². The third-order valence-electron chi connectivity index (χ3n) is 3.13. The molecule has 0 aliphatic carbocycles. The molecule has 0 aliphatic heterocycles. The molecule has 2 rings (SSSR count). The number of hydrogen-bond acceptors (Lipinski definition) is 2. The lowest BCUT2D eigenvalue weighted by Crippen LogP contribution is -1.80. The van der Waals surface area contributed by atoms with Gasteiger partial charge in [-0.05, 0) is 54.7 Å². The van der Waals surface area contributed by atoms with Crippen LogP contribution in [-0.2, 0) is 12.8 Å². The van der Waals surface area contributed by atoms with E-state index in [9.17, 15) is 0 Å². The van der Waals surface area contributed by atoms with E-state index in [1.807, 2.05) is 57.2 Å². The smallest absolute Gasteiger partial charge is 0.118 e. The van der Waals surface area contributed by atoms with E-state index in [1.165, 1.54) is 11.1 Å². The van der Waals surface area contributed by atoms with Gasteiger partial charge in [0.25, 0.3) is 0 Å². The molecule has 0 saturated heterocycles. The van der Waals surface area contributed by atoms with Crippen molar-refractivity contribution in [2.45, 2.75) is 47.5 Å². The summed E-state index contributed by atoms with van der Waals surface area (Å²) in [5.41, 5.74) is 4.20. The van der Waals surface area contributed by atoms with Gasteiger partial charge in [-0.25, -0.2) is 0 Å². The zero-order chi connectivity index (χ0) is 17.0. The van der Waals surface area contributed by atoms with E-state index >= 15 is 0 Å². The number of rotatable bonds is 2. The van der Waals surface area contributed by atoms with Crippen LogP contribution >= 0.6 is 0 Å². The Balaban J connectivity index is 0.000000360. The van der Waals surface area contributed by atoms with Gasteiger partial charge in [0.2, 0.25) is 0 Å². The van der Waals surface area contributed by atoms with Crippen LogP contribution in [0.25, 0.3) is 0 Å². The van der Waals surface area contributed by atoms with Crippen LogP contribution in [0.1, 0.15) is 49.9 Å². The minimum absolute atomic E-state index is 0.386. The Labute approximate surface area is 135 Å². The van der Waals surface area contributed by atoms with E-state index < -0.39 is 0 Å². The third kappa shape index (κ3) is 6.95. The molecule has 0 aliphatic rings. The van der Waals surface area contributed by atoms with Gasteiger partial charge in [0, 0.05) is 0 Å². The van der Waals surface area contributed by atoms with Gasteiger partial charge in [0.05, 0.1) is 11.6 Å². The molecule has 0 atom stereocenters. The summed E-state index contributed by atoms with van der Waals surface area (Å²) in [4.78, 5) is 0. The first-order valence-corrected chi connectivity index (χ1v) is 7.88. The highest BCUT2D eigenvalue weighted by molar-refractivity contribution is 5.34. The Morgan fingerprint density at radius 2 is 1.55 bits per heavy atom. The SMILES string of the molecule is CC.CCc1ccc(O)c(C)c1.CCc1cccc(C#N)c1. The van der Waals surface area contributed by atoms with Crippen LogP contribution in [0.5, 0.6) is 5.75 Å². The maximum absolute atomic E-state index is 9.14. The van der Waals surface area contributed by atoms with Gasteiger partial charge >= 0.3 is 0 Å². The fourth-order valence-corrected chi connectivity index (χ4v) is 1.80. The highest BCUT2D eigenvalue weighted by atomic mass is 16.3. The van der Waals surface area contributed by atoms with Crippen LogP contribution in [0.3, 0.4) is 0 Å². The molecule has 2 aromatic carbocycles. The molecule has 2 nitrogen and oxygen atoms in total. The number of aryl methyl sites for hydroxylation is 3. The van der Waals surface area contributed by atoms with Crippen molar-refractivity contribution < 1.29 is 5.11 Å². The lowest BCUT2D eigenvalue weighted by Gasteiger charge is -1.99. The molecule has 2 aromatic rings. The van der Waals surface area contributed by atoms with Crippen molar-refractivity contribution in [3.8, 4) is 11.8 Å². The number of benzene rings is 2. The van der Waals surface area contributed by atoms with Crippen molar-refractivity contribution in [3.05, 3.63) is 64.7 Å². The average Bonchev–Trinajstić information content (AvgIpc) is 2.59. The highest BCUT2D eigenvalue weighted by Gasteiger charge is 1.94. The standard InChI is InChI=1S/C9H9N.C9H12O.C2H6/c1-2-8-4-3-5-9(6-8)7-10;1-3-8-4-5-9(10)7(2)6-8;1-2/h3-6H,2H2,1H3;4-6,10H,3H2,1-2H3;1-2H3. The topological polar surface area (TPSA) is 44.0 Å². The van der Waals surface area contributed by atoms with Crippen LogP contribution < -0.4 is 0 Å². The number of phenolic OH excluding ortho intramolecular Hbond substituents is 1. The van der Waals surface area contributed by atoms with E-state index in [4.69, 9.17) is 10.4 Å². The first-order chi connectivity index (χ1) is 10.6. The quantitative estimate of drug-likeness (QED) is 0.805. The van der Waals surface area contributed by atoms with Gasteiger partial charge in [-0.15, -0.1) is 0 Å². The summed E-state index contributed by atoms with van der Waals surface area (Å²) < 4.78 is 0. The van der Waals surface area contributed by atoms with Crippen LogP contribution in [0.4, 0.5) is 0 Å². The number of aromatic hydroxyl groups is 1. The molecule has 0 bridgehead atoms. The molecule has 118 valence electrons. The Bertz CT molecular complexity index is 597. The van der Waals surface area contributed by atoms with Crippen molar-refractivity contribution in [2.24, 2.45) is 0 Å². The van der Waals surface area contributed by atoms with E-state index in [-0.39, 0.29) is 0 Å². The third-order valence-corrected chi connectivity index (χ3v) is 3.13. The van der Waals surface area contributed by atoms with Crippen molar-refractivity contribution in [3.63, 3.8) is 0 Å². The molecule has 0 aromatic heterocycles. The molecular weight excluding hydrogens is 270 g/mol. The molecule has 0 radical (unpaired) electrons. The van der Waals surface area contributed by atoms with Gasteiger partial charge in [0.15, 0.2) is 0 Å². The molecule has 0 amide bonds. The molecule has 0 fully saturated rings. The maximum atomic E-state index is 9.14. The molecule has 0 heterocycles. The fraction of sp³-hybridized carbons (Fsp3) is 0.350. The van der Waals surface area contributed by atoms with Crippen LogP contribution in [0, 0.1) is 18.3 Å². The Hall–Kier alpha value is -2.27. The van der Waals surface area contributed by atoms with E-state index in [2.05, 4.69) is 19.9 Å². The fourth-order valence-electron chi connectivity index (χ4n) is 1.80. The monoisotopic (exact) mass is 297 g/mol. The largest absolute Gasteiger partial charge is 0.508 e. The molecule has 0 spiro atoms. The lowest BCUT2D eigenvalue weighted by atomic mass is 10.1. The summed E-state index contributed by atoms with van der Waals surface area (Å²) in [6.45, 7) is 10.1. The summed E-state index contributed by atoms with van der Waals surface area (Å²) in [5.74, 6) is 0.386. The Kier molecular flexibility index (Phi) is 10.2. The van der Waals surface area contributed by atoms with Gasteiger partial charge < -0.3 is 5.11 Å². The average molecular weight is 297 g/mol. The summed E-state index contributed by atoms with van der Waals surface area (Å²) in [6, 6.07) is 15.5. The lowest BCUT2D eigenvalue weighted by molar-refractivity contribution is 0.471. The second-order valence-electron chi connectivity index (χ2n) is 4.64. The first kappa shape index (κ1) is 19.7. The number of phenols is 1. The van der Waals surface area contributed by atoms with Gasteiger partial charge in [-0.2, -0.15) is 5.26 Å². The summed E-state index contributed by atoms with van der Waals surface area (Å²) in [5, 5.41) is 17.6. The number of hydrogen-bond donors (Lipinski definition) is 1. The summed E-state index contributed by atoms with van der Waals surface area (Å²) in [7, 11) is 0. The summed E-state index contributed by atoms with van der Waals surface area (Å²) >= 11 is 0. The number of nitrogens with zero attached hydrogens (tertiary/aromatic N) is 1. The molecule has 0 unspecified atom stereocenters. The normalized spacial score (nSPS) is 8.73. The molecule has 0 saturated carbocycles. The van der Waals surface area contributed by atoms with Crippen molar-refractivity contribution in [1.29, 1.82) is 5.26 Å². The minimum Gasteiger partial charge on any atom is -0.508 e. The zero-order valence-corrected chi connectivity index (χ0v) is 14.4. The zero-order valence-electron chi connectivity index (χ0n) is 14.4. The number of nitriles is 1. The molecular formula is C20H27NO.